The predicted molar refractivity (Wildman–Crippen MR) is 355 cm³/mol. The zero-order chi connectivity index (χ0) is 77.0. The zero-order valence-electron chi connectivity index (χ0n) is 62.2. The van der Waals surface area contributed by atoms with Gasteiger partial charge in [0, 0.05) is 158 Å². The third-order valence-electron chi connectivity index (χ3n) is 16.9. The molecule has 0 aliphatic carbocycles. The van der Waals surface area contributed by atoms with Crippen LogP contribution in [0.2, 0.25) is 0 Å². The quantitative estimate of drug-likeness (QED) is 0.0502. The number of ether oxygens (including phenoxy) is 10. The highest BCUT2D eigenvalue weighted by atomic mass is 16.6. The van der Waals surface area contributed by atoms with Gasteiger partial charge in [-0.25, -0.2) is 0 Å². The summed E-state index contributed by atoms with van der Waals surface area (Å²) in [6.45, 7) is 26.4. The molecular formula is C68H112N6O26. The first-order chi connectivity index (χ1) is 46.5. The summed E-state index contributed by atoms with van der Waals surface area (Å²) in [5.41, 5.74) is 0. The summed E-state index contributed by atoms with van der Waals surface area (Å²) >= 11 is 0. The molecule has 17 atom stereocenters. The number of esters is 10. The first-order valence-corrected chi connectivity index (χ1v) is 33.8. The van der Waals surface area contributed by atoms with Crippen LogP contribution in [0, 0.1) is 53.3 Å². The van der Waals surface area contributed by atoms with Crippen LogP contribution in [-0.2, 0) is 124 Å². The van der Waals surface area contributed by atoms with E-state index in [0.717, 1.165) is 55.4 Å². The van der Waals surface area contributed by atoms with Gasteiger partial charge in [-0.3, -0.25) is 76.7 Å². The Bertz CT molecular complexity index is 2600. The van der Waals surface area contributed by atoms with Crippen molar-refractivity contribution >= 4 is 95.1 Å². The normalized spacial score (nSPS) is 16.2. The van der Waals surface area contributed by atoms with Crippen LogP contribution in [0.4, 0.5) is 0 Å². The lowest BCUT2D eigenvalue weighted by Crippen LogP contribution is -2.50. The molecule has 0 aromatic heterocycles. The summed E-state index contributed by atoms with van der Waals surface area (Å²) in [6.07, 6.45) is -8.90. The molecule has 0 fully saturated rings. The number of amides is 6. The van der Waals surface area contributed by atoms with Gasteiger partial charge in [0.05, 0.1) is 11.8 Å². The van der Waals surface area contributed by atoms with Crippen LogP contribution in [0.1, 0.15) is 171 Å². The van der Waals surface area contributed by atoms with Crippen LogP contribution < -0.4 is 21.3 Å². The Morgan fingerprint density at radius 3 is 0.890 bits per heavy atom. The van der Waals surface area contributed by atoms with Crippen molar-refractivity contribution in [1.29, 1.82) is 0 Å². The fourth-order valence-electron chi connectivity index (χ4n) is 11.1. The highest BCUT2D eigenvalue weighted by Crippen LogP contribution is 2.29. The van der Waals surface area contributed by atoms with E-state index in [2.05, 4.69) is 21.3 Å². The van der Waals surface area contributed by atoms with E-state index in [0.29, 0.717) is 12.8 Å². The van der Waals surface area contributed by atoms with Crippen molar-refractivity contribution in [3.8, 4) is 0 Å². The minimum absolute atomic E-state index is 0.147. The first kappa shape index (κ1) is 91.5. The molecule has 32 heteroatoms. The number of hydrogen-bond acceptors (Lipinski definition) is 26. The second-order valence-corrected chi connectivity index (χ2v) is 25.4. The topological polar surface area (TPSA) is 420 Å². The molecule has 0 heterocycles. The molecule has 0 aromatic rings. The predicted octanol–water partition coefficient (Wildman–Crippen LogP) is 3.01. The summed E-state index contributed by atoms with van der Waals surface area (Å²) in [7, 11) is 0. The van der Waals surface area contributed by atoms with Gasteiger partial charge in [0.1, 0.15) is 49.8 Å². The Morgan fingerprint density at radius 2 is 0.610 bits per heavy atom. The van der Waals surface area contributed by atoms with Crippen molar-refractivity contribution in [3.63, 3.8) is 0 Å². The number of hydrogen-bond donors (Lipinski definition) is 4. The number of rotatable bonds is 46. The van der Waals surface area contributed by atoms with Crippen molar-refractivity contribution in [2.45, 2.75) is 220 Å². The SMILES string of the molecule is CCC(C)C(OC(C)=O)C(C)C(OC(C)=O)C(=O)NCCN(CCNC(=O)C(OC(C)=O)C(C)C(OC(C)=O)C(C)CC)C(=O)CC[C@H](C)C(=O)N(CCNC(=O)C(C)C(OC(C)=O)C(C)C(COC(C)=O)OC(C)=O)CCNC(=O)C(C)C(OC(C)=O)C(C)C(COC(C)=O)OC(C)=O. The molecule has 6 amide bonds. The van der Waals surface area contributed by atoms with Crippen molar-refractivity contribution < 1.29 is 124 Å². The highest BCUT2D eigenvalue weighted by Gasteiger charge is 2.42. The van der Waals surface area contributed by atoms with E-state index < -0.39 is 199 Å². The molecular weight excluding hydrogens is 1320 g/mol. The molecule has 0 spiro atoms. The molecule has 0 aromatic carbocycles. The summed E-state index contributed by atoms with van der Waals surface area (Å²) in [6, 6.07) is 0. The molecule has 0 rings (SSSR count). The first-order valence-electron chi connectivity index (χ1n) is 33.8. The summed E-state index contributed by atoms with van der Waals surface area (Å²) < 4.78 is 54.3. The van der Waals surface area contributed by atoms with E-state index in [4.69, 9.17) is 47.4 Å². The summed E-state index contributed by atoms with van der Waals surface area (Å²) in [4.78, 5) is 210. The molecule has 0 aliphatic heterocycles. The van der Waals surface area contributed by atoms with Crippen molar-refractivity contribution in [2.75, 3.05) is 65.6 Å². The lowest BCUT2D eigenvalue weighted by atomic mass is 9.87. The third kappa shape index (κ3) is 34.5. The number of carbonyl (C=O) groups is 16. The van der Waals surface area contributed by atoms with E-state index in [1.807, 2.05) is 13.8 Å². The lowest BCUT2D eigenvalue weighted by molar-refractivity contribution is -0.171. The van der Waals surface area contributed by atoms with Gasteiger partial charge in [0.15, 0.2) is 12.2 Å². The Balaban J connectivity index is 7.51. The largest absolute Gasteiger partial charge is 0.462 e. The maximum Gasteiger partial charge on any atom is 0.303 e. The average Bonchev–Trinajstić information content (AvgIpc) is 0.864. The average molecular weight is 1430 g/mol. The van der Waals surface area contributed by atoms with Gasteiger partial charge in [0.25, 0.3) is 11.8 Å². The summed E-state index contributed by atoms with van der Waals surface area (Å²) in [5.74, 6) is -18.9. The molecule has 570 valence electrons. The maximum atomic E-state index is 14.7. The van der Waals surface area contributed by atoms with Gasteiger partial charge in [-0.2, -0.15) is 0 Å². The molecule has 100 heavy (non-hydrogen) atoms. The highest BCUT2D eigenvalue weighted by molar-refractivity contribution is 5.86. The van der Waals surface area contributed by atoms with Gasteiger partial charge >= 0.3 is 59.7 Å². The minimum Gasteiger partial charge on any atom is -0.462 e. The smallest absolute Gasteiger partial charge is 0.303 e. The van der Waals surface area contributed by atoms with Crippen LogP contribution in [0.25, 0.3) is 0 Å². The van der Waals surface area contributed by atoms with Crippen molar-refractivity contribution in [3.05, 3.63) is 0 Å². The fourth-order valence-corrected chi connectivity index (χ4v) is 11.1. The van der Waals surface area contributed by atoms with Gasteiger partial charge in [-0.1, -0.05) is 89.0 Å². The molecule has 4 N–H and O–H groups in total. The van der Waals surface area contributed by atoms with Gasteiger partial charge in [0.2, 0.25) is 23.6 Å². The Kier molecular flexibility index (Phi) is 42.8. The number of nitrogens with zero attached hydrogens (tertiary/aromatic N) is 2. The van der Waals surface area contributed by atoms with E-state index in [-0.39, 0.29) is 77.0 Å². The van der Waals surface area contributed by atoms with Crippen LogP contribution in [0.3, 0.4) is 0 Å². The minimum atomic E-state index is -1.46. The van der Waals surface area contributed by atoms with Crippen molar-refractivity contribution in [1.82, 2.24) is 31.1 Å². The lowest BCUT2D eigenvalue weighted by Gasteiger charge is -2.33. The Hall–Kier alpha value is -8.48. The van der Waals surface area contributed by atoms with E-state index in [1.54, 1.807) is 27.7 Å². The standard InChI is InChI=1S/C68H112N6O26/c1-22-36(3)58(95-49(16)79)41(8)62(99-53(20)83)66(88)71-26-30-73(31-27-72-67(89)63(100-54(21)84)42(9)59(37(4)23-2)96-50(17)80)57(85)25-24-38(5)68(90)74(32-28-69-64(86)43(10)60(97-51(18)81)39(6)55(93-47(14)77)34-91-45(12)75)33-29-70-65(87)44(11)61(98-52(19)82)40(7)56(94-48(15)78)35-92-46(13)76/h36-44,55-56,58-63H,22-35H2,1-21H3,(H,69,86)(H,70,87)(H,71,88)(H,72,89)/t36?,37?,38-,39?,40?,41?,42?,43?,44?,55?,56?,58?,59?,60?,61?,62?,63?/m0/s1. The molecule has 0 saturated carbocycles. The zero-order valence-corrected chi connectivity index (χ0v) is 62.2. The Labute approximate surface area is 587 Å². The Morgan fingerprint density at radius 1 is 0.330 bits per heavy atom. The van der Waals surface area contributed by atoms with E-state index in [9.17, 15) is 76.7 Å². The van der Waals surface area contributed by atoms with Crippen LogP contribution in [0.5, 0.6) is 0 Å². The molecule has 0 aliphatic rings. The van der Waals surface area contributed by atoms with Crippen molar-refractivity contribution in [2.24, 2.45) is 53.3 Å². The fraction of sp³-hybridized carbons (Fsp3) is 0.765. The second kappa shape index (κ2) is 46.8. The number of nitrogens with one attached hydrogen (secondary N) is 4. The third-order valence-corrected chi connectivity index (χ3v) is 16.9. The van der Waals surface area contributed by atoms with Gasteiger partial charge in [-0.05, 0) is 18.3 Å². The van der Waals surface area contributed by atoms with Gasteiger partial charge < -0.3 is 78.4 Å². The maximum absolute atomic E-state index is 14.7. The molecule has 16 unspecified atom stereocenters. The second-order valence-electron chi connectivity index (χ2n) is 25.4. The van der Waals surface area contributed by atoms with Gasteiger partial charge in [-0.15, -0.1) is 0 Å². The molecule has 32 nitrogen and oxygen atoms in total. The molecule has 0 radical (unpaired) electrons. The van der Waals surface area contributed by atoms with Crippen LogP contribution in [0.15, 0.2) is 0 Å². The monoisotopic (exact) mass is 1430 g/mol. The van der Waals surface area contributed by atoms with E-state index >= 15 is 0 Å². The molecule has 0 saturated heterocycles. The van der Waals surface area contributed by atoms with Crippen LogP contribution in [-0.4, -0.2) is 219 Å². The molecule has 0 bridgehead atoms. The van der Waals surface area contributed by atoms with E-state index in [1.165, 1.54) is 58.3 Å². The summed E-state index contributed by atoms with van der Waals surface area (Å²) in [5, 5.41) is 10.8. The van der Waals surface area contributed by atoms with Crippen LogP contribution >= 0.6 is 0 Å². The number of carbonyl (C=O) groups excluding carboxylic acids is 16.